The number of hydrogen-bond acceptors (Lipinski definition) is 6. The van der Waals surface area contributed by atoms with Crippen LogP contribution < -0.4 is 10.2 Å². The van der Waals surface area contributed by atoms with Gasteiger partial charge >= 0.3 is 0 Å². The van der Waals surface area contributed by atoms with Gasteiger partial charge in [0.1, 0.15) is 0 Å². The molecule has 1 aliphatic heterocycles. The first-order valence-electron chi connectivity index (χ1n) is 10.4. The lowest BCUT2D eigenvalue weighted by atomic mass is 10.1. The van der Waals surface area contributed by atoms with Crippen molar-refractivity contribution in [1.82, 2.24) is 20.1 Å². The highest BCUT2D eigenvalue weighted by atomic mass is 32.2. The van der Waals surface area contributed by atoms with Gasteiger partial charge in [-0.3, -0.25) is 9.36 Å². The number of carbonyl (C=O) groups is 1. The molecule has 8 heteroatoms. The van der Waals surface area contributed by atoms with Crippen molar-refractivity contribution >= 4 is 23.6 Å². The van der Waals surface area contributed by atoms with Crippen molar-refractivity contribution in [3.8, 4) is 5.69 Å². The van der Waals surface area contributed by atoms with Gasteiger partial charge in [0.15, 0.2) is 5.16 Å². The van der Waals surface area contributed by atoms with E-state index in [1.807, 2.05) is 32.0 Å². The first kappa shape index (κ1) is 21.6. The maximum atomic E-state index is 12.2. The topological polar surface area (TPSA) is 72.3 Å². The van der Waals surface area contributed by atoms with Gasteiger partial charge in [0.25, 0.3) is 0 Å². The van der Waals surface area contributed by atoms with E-state index in [0.717, 1.165) is 36.3 Å². The number of anilines is 1. The van der Waals surface area contributed by atoms with Crippen LogP contribution in [0.15, 0.2) is 35.5 Å². The monoisotopic (exact) mass is 417 g/mol. The van der Waals surface area contributed by atoms with Crippen molar-refractivity contribution in [2.24, 2.45) is 0 Å². The van der Waals surface area contributed by atoms with Crippen molar-refractivity contribution in [3.05, 3.63) is 30.3 Å². The fourth-order valence-corrected chi connectivity index (χ4v) is 4.03. The Morgan fingerprint density at radius 1 is 1.17 bits per heavy atom. The van der Waals surface area contributed by atoms with Crippen LogP contribution in [0, 0.1) is 0 Å². The second-order valence-electron chi connectivity index (χ2n) is 7.41. The number of ether oxygens (including phenoxy) is 1. The predicted molar refractivity (Wildman–Crippen MR) is 117 cm³/mol. The van der Waals surface area contributed by atoms with Crippen LogP contribution in [0.25, 0.3) is 5.69 Å². The van der Waals surface area contributed by atoms with Crippen LogP contribution in [0.4, 0.5) is 5.95 Å². The molecule has 3 rings (SSSR count). The molecule has 0 spiro atoms. The second-order valence-corrected chi connectivity index (χ2v) is 8.36. The van der Waals surface area contributed by atoms with Crippen LogP contribution in [0.2, 0.25) is 0 Å². The zero-order valence-corrected chi connectivity index (χ0v) is 18.2. The number of nitrogens with one attached hydrogen (secondary N) is 1. The molecule has 158 valence electrons. The number of hydrogen-bond donors (Lipinski definition) is 1. The third kappa shape index (κ3) is 6.47. The summed E-state index contributed by atoms with van der Waals surface area (Å²) in [5.41, 5.74) is 1.02. The number of benzene rings is 1. The number of para-hydroxylation sites is 1. The molecule has 2 aromatic rings. The molecule has 0 aliphatic carbocycles. The lowest BCUT2D eigenvalue weighted by Crippen LogP contribution is -2.31. The van der Waals surface area contributed by atoms with E-state index in [1.54, 1.807) is 0 Å². The zero-order chi connectivity index (χ0) is 20.5. The van der Waals surface area contributed by atoms with Crippen LogP contribution in [0.1, 0.15) is 39.5 Å². The summed E-state index contributed by atoms with van der Waals surface area (Å²) in [6, 6.07) is 10.1. The Kier molecular flexibility index (Phi) is 8.37. The van der Waals surface area contributed by atoms with Crippen molar-refractivity contribution in [2.75, 3.05) is 36.9 Å². The van der Waals surface area contributed by atoms with E-state index in [2.05, 4.69) is 37.1 Å². The molecule has 1 amide bonds. The maximum Gasteiger partial charge on any atom is 0.232 e. The molecule has 0 atom stereocenters. The van der Waals surface area contributed by atoms with Gasteiger partial charge < -0.3 is 15.0 Å². The van der Waals surface area contributed by atoms with Gasteiger partial charge in [0.05, 0.1) is 17.5 Å². The average molecular weight is 418 g/mol. The third-order valence-electron chi connectivity index (χ3n) is 4.70. The normalized spacial score (nSPS) is 14.4. The first-order valence-corrected chi connectivity index (χ1v) is 11.4. The van der Waals surface area contributed by atoms with Crippen LogP contribution in [0.3, 0.4) is 0 Å². The SMILES string of the molecule is CC(C)OCCCNC(=O)CSc1nnc(N2CCCCC2)n1-c1ccccc1. The summed E-state index contributed by atoms with van der Waals surface area (Å²) in [5, 5.41) is 12.6. The van der Waals surface area contributed by atoms with E-state index in [9.17, 15) is 4.79 Å². The summed E-state index contributed by atoms with van der Waals surface area (Å²) >= 11 is 1.42. The molecule has 0 saturated carbocycles. The molecule has 7 nitrogen and oxygen atoms in total. The minimum absolute atomic E-state index is 0.00156. The summed E-state index contributed by atoms with van der Waals surface area (Å²) in [6.07, 6.45) is 4.65. The number of nitrogens with zero attached hydrogens (tertiary/aromatic N) is 4. The molecule has 1 N–H and O–H groups in total. The molecule has 1 saturated heterocycles. The minimum Gasteiger partial charge on any atom is -0.379 e. The summed E-state index contributed by atoms with van der Waals surface area (Å²) < 4.78 is 7.56. The van der Waals surface area contributed by atoms with Crippen LogP contribution in [-0.2, 0) is 9.53 Å². The highest BCUT2D eigenvalue weighted by Crippen LogP contribution is 2.28. The maximum absolute atomic E-state index is 12.2. The highest BCUT2D eigenvalue weighted by Gasteiger charge is 2.21. The van der Waals surface area contributed by atoms with Crippen LogP contribution in [-0.4, -0.2) is 58.8 Å². The Labute approximate surface area is 177 Å². The number of amides is 1. The quantitative estimate of drug-likeness (QED) is 0.472. The van der Waals surface area contributed by atoms with Crippen molar-refractivity contribution in [1.29, 1.82) is 0 Å². The van der Waals surface area contributed by atoms with E-state index < -0.39 is 0 Å². The van der Waals surface area contributed by atoms with Gasteiger partial charge in [-0.05, 0) is 51.7 Å². The average Bonchev–Trinajstić information content (AvgIpc) is 3.17. The summed E-state index contributed by atoms with van der Waals surface area (Å²) in [4.78, 5) is 14.5. The van der Waals surface area contributed by atoms with Gasteiger partial charge in [-0.1, -0.05) is 30.0 Å². The smallest absolute Gasteiger partial charge is 0.232 e. The van der Waals surface area contributed by atoms with Gasteiger partial charge in [-0.25, -0.2) is 0 Å². The molecule has 1 aromatic heterocycles. The molecular weight excluding hydrogens is 386 g/mol. The van der Waals surface area contributed by atoms with E-state index in [0.29, 0.717) is 18.9 Å². The van der Waals surface area contributed by atoms with Gasteiger partial charge in [0, 0.05) is 26.2 Å². The molecule has 29 heavy (non-hydrogen) atoms. The lowest BCUT2D eigenvalue weighted by Gasteiger charge is -2.27. The Bertz CT molecular complexity index is 760. The van der Waals surface area contributed by atoms with E-state index in [-0.39, 0.29) is 12.0 Å². The lowest BCUT2D eigenvalue weighted by molar-refractivity contribution is -0.118. The van der Waals surface area contributed by atoms with E-state index in [1.165, 1.54) is 31.0 Å². The molecular formula is C21H31N5O2S. The van der Waals surface area contributed by atoms with Gasteiger partial charge in [-0.2, -0.15) is 0 Å². The van der Waals surface area contributed by atoms with E-state index >= 15 is 0 Å². The number of thioether (sulfide) groups is 1. The number of rotatable bonds is 10. The fourth-order valence-electron chi connectivity index (χ4n) is 3.26. The molecule has 1 aromatic carbocycles. The number of aromatic nitrogens is 3. The number of carbonyl (C=O) groups excluding carboxylic acids is 1. The Balaban J connectivity index is 1.61. The fraction of sp³-hybridized carbons (Fsp3) is 0.571. The standard InChI is InChI=1S/C21H31N5O2S/c1-17(2)28-15-9-12-22-19(27)16-29-21-24-23-20(25-13-7-4-8-14-25)26(21)18-10-5-3-6-11-18/h3,5-6,10-11,17H,4,7-9,12-16H2,1-2H3,(H,22,27). The molecule has 0 bridgehead atoms. The Hall–Kier alpha value is -2.06. The molecule has 0 unspecified atom stereocenters. The van der Waals surface area contributed by atoms with Crippen molar-refractivity contribution in [2.45, 2.75) is 50.8 Å². The summed E-state index contributed by atoms with van der Waals surface area (Å²) in [5.74, 6) is 1.18. The van der Waals surface area contributed by atoms with E-state index in [4.69, 9.17) is 4.74 Å². The molecule has 1 fully saturated rings. The number of piperidine rings is 1. The zero-order valence-electron chi connectivity index (χ0n) is 17.3. The largest absolute Gasteiger partial charge is 0.379 e. The third-order valence-corrected chi connectivity index (χ3v) is 5.63. The van der Waals surface area contributed by atoms with Gasteiger partial charge in [-0.15, -0.1) is 10.2 Å². The first-order chi connectivity index (χ1) is 14.1. The molecule has 0 radical (unpaired) electrons. The molecule has 2 heterocycles. The van der Waals surface area contributed by atoms with Crippen LogP contribution in [0.5, 0.6) is 0 Å². The minimum atomic E-state index is 0.00156. The van der Waals surface area contributed by atoms with Crippen LogP contribution >= 0.6 is 11.8 Å². The Morgan fingerprint density at radius 2 is 1.93 bits per heavy atom. The summed E-state index contributed by atoms with van der Waals surface area (Å²) in [6.45, 7) is 7.29. The predicted octanol–water partition coefficient (Wildman–Crippen LogP) is 3.28. The second kappa shape index (κ2) is 11.2. The highest BCUT2D eigenvalue weighted by molar-refractivity contribution is 7.99. The van der Waals surface area contributed by atoms with Gasteiger partial charge in [0.2, 0.25) is 11.9 Å². The van der Waals surface area contributed by atoms with Crippen molar-refractivity contribution in [3.63, 3.8) is 0 Å². The van der Waals surface area contributed by atoms with Crippen molar-refractivity contribution < 1.29 is 9.53 Å². The molecule has 1 aliphatic rings. The summed E-state index contributed by atoms with van der Waals surface area (Å²) in [7, 11) is 0. The Morgan fingerprint density at radius 3 is 2.66 bits per heavy atom.